The van der Waals surface area contributed by atoms with Crippen LogP contribution in [0.25, 0.3) is 11.4 Å². The highest BCUT2D eigenvalue weighted by Gasteiger charge is 2.28. The van der Waals surface area contributed by atoms with Gasteiger partial charge in [0.25, 0.3) is 0 Å². The zero-order chi connectivity index (χ0) is 19.5. The van der Waals surface area contributed by atoms with E-state index in [0.717, 1.165) is 48.1 Å². The summed E-state index contributed by atoms with van der Waals surface area (Å²) >= 11 is 8.07. The summed E-state index contributed by atoms with van der Waals surface area (Å²) < 4.78 is 7.73. The maximum Gasteiger partial charge on any atom is 0.239 e. The quantitative estimate of drug-likeness (QED) is 0.445. The standard InChI is InChI=1S/C20H24ClN5OS/c1-3-8-17-22-19(27-25-17)13(2)28-20-24-23-18(15-11-6-7-12-16(15)21)26(20)14-9-4-5-10-14/h6-7,11-14H,3-5,8-10H2,1-2H3. The maximum atomic E-state index is 6.46. The van der Waals surface area contributed by atoms with Gasteiger partial charge in [-0.15, -0.1) is 10.2 Å². The first-order valence-corrected chi connectivity index (χ1v) is 11.1. The third kappa shape index (κ3) is 3.96. The third-order valence-corrected chi connectivity index (χ3v) is 6.43. The van der Waals surface area contributed by atoms with E-state index in [1.807, 2.05) is 24.3 Å². The first-order chi connectivity index (χ1) is 13.7. The molecule has 2 aromatic heterocycles. The minimum atomic E-state index is 0.00144. The first kappa shape index (κ1) is 19.5. The highest BCUT2D eigenvalue weighted by molar-refractivity contribution is 7.99. The summed E-state index contributed by atoms with van der Waals surface area (Å²) in [4.78, 5) is 4.53. The van der Waals surface area contributed by atoms with Gasteiger partial charge in [0.15, 0.2) is 16.8 Å². The normalized spacial score (nSPS) is 16.0. The molecule has 0 bridgehead atoms. The molecule has 1 saturated carbocycles. The summed E-state index contributed by atoms with van der Waals surface area (Å²) in [6, 6.07) is 8.22. The number of benzene rings is 1. The predicted octanol–water partition coefficient (Wildman–Crippen LogP) is 5.90. The number of rotatable bonds is 7. The zero-order valence-corrected chi connectivity index (χ0v) is 17.7. The number of hydrogen-bond acceptors (Lipinski definition) is 6. The maximum absolute atomic E-state index is 6.46. The van der Waals surface area contributed by atoms with Crippen molar-refractivity contribution in [2.24, 2.45) is 0 Å². The fourth-order valence-corrected chi connectivity index (χ4v) is 4.81. The fourth-order valence-electron chi connectivity index (χ4n) is 3.64. The van der Waals surface area contributed by atoms with Crippen molar-refractivity contribution in [2.75, 3.05) is 0 Å². The minimum absolute atomic E-state index is 0.00144. The van der Waals surface area contributed by atoms with E-state index >= 15 is 0 Å². The van der Waals surface area contributed by atoms with Crippen molar-refractivity contribution < 1.29 is 4.52 Å². The van der Waals surface area contributed by atoms with E-state index in [1.165, 1.54) is 12.8 Å². The molecule has 8 heteroatoms. The Bertz CT molecular complexity index is 934. The van der Waals surface area contributed by atoms with Crippen LogP contribution in [0.4, 0.5) is 0 Å². The van der Waals surface area contributed by atoms with E-state index < -0.39 is 0 Å². The van der Waals surface area contributed by atoms with Crippen molar-refractivity contribution in [3.05, 3.63) is 41.0 Å². The molecule has 1 atom stereocenters. The second-order valence-electron chi connectivity index (χ2n) is 7.15. The number of thioether (sulfide) groups is 1. The smallest absolute Gasteiger partial charge is 0.239 e. The van der Waals surface area contributed by atoms with Crippen LogP contribution < -0.4 is 0 Å². The van der Waals surface area contributed by atoms with Crippen LogP contribution in [-0.2, 0) is 6.42 Å². The van der Waals surface area contributed by atoms with Gasteiger partial charge in [0.2, 0.25) is 5.89 Å². The van der Waals surface area contributed by atoms with Crippen LogP contribution in [0.5, 0.6) is 0 Å². The van der Waals surface area contributed by atoms with Crippen LogP contribution in [0.1, 0.15) is 69.0 Å². The number of aryl methyl sites for hydroxylation is 1. The van der Waals surface area contributed by atoms with Gasteiger partial charge in [0.1, 0.15) is 0 Å². The minimum Gasteiger partial charge on any atom is -0.338 e. The van der Waals surface area contributed by atoms with Gasteiger partial charge >= 0.3 is 0 Å². The van der Waals surface area contributed by atoms with Gasteiger partial charge in [-0.05, 0) is 38.3 Å². The van der Waals surface area contributed by atoms with Crippen molar-refractivity contribution >= 4 is 23.4 Å². The molecule has 4 rings (SSSR count). The van der Waals surface area contributed by atoms with E-state index in [9.17, 15) is 0 Å². The molecule has 1 fully saturated rings. The van der Waals surface area contributed by atoms with Crippen molar-refractivity contribution in [1.82, 2.24) is 24.9 Å². The molecule has 0 N–H and O–H groups in total. The Hall–Kier alpha value is -1.86. The van der Waals surface area contributed by atoms with Gasteiger partial charge in [-0.3, -0.25) is 4.57 Å². The molecule has 0 radical (unpaired) electrons. The number of nitrogens with zero attached hydrogens (tertiary/aromatic N) is 5. The van der Waals surface area contributed by atoms with Gasteiger partial charge in [-0.25, -0.2) is 0 Å². The highest BCUT2D eigenvalue weighted by atomic mass is 35.5. The Labute approximate surface area is 174 Å². The Kier molecular flexibility index (Phi) is 6.01. The monoisotopic (exact) mass is 417 g/mol. The molecule has 3 aromatic rings. The Morgan fingerprint density at radius 2 is 2.04 bits per heavy atom. The van der Waals surface area contributed by atoms with E-state index in [4.69, 9.17) is 16.1 Å². The SMILES string of the molecule is CCCc1noc(C(C)Sc2nnc(-c3ccccc3Cl)n2C2CCCC2)n1. The summed E-state index contributed by atoms with van der Waals surface area (Å²) in [5.41, 5.74) is 0.922. The largest absolute Gasteiger partial charge is 0.338 e. The van der Waals surface area contributed by atoms with Gasteiger partial charge in [-0.1, -0.05) is 60.4 Å². The number of halogens is 1. The second-order valence-corrected chi connectivity index (χ2v) is 8.87. The van der Waals surface area contributed by atoms with E-state index in [1.54, 1.807) is 11.8 Å². The molecule has 0 saturated heterocycles. The van der Waals surface area contributed by atoms with Crippen LogP contribution in [0, 0.1) is 0 Å². The molecule has 1 aliphatic rings. The number of aromatic nitrogens is 5. The van der Waals surface area contributed by atoms with Crippen molar-refractivity contribution in [3.8, 4) is 11.4 Å². The summed E-state index contributed by atoms with van der Waals surface area (Å²) in [5.74, 6) is 2.23. The lowest BCUT2D eigenvalue weighted by atomic mass is 10.2. The topological polar surface area (TPSA) is 69.6 Å². The summed E-state index contributed by atoms with van der Waals surface area (Å²) in [5, 5.41) is 14.7. The van der Waals surface area contributed by atoms with Crippen LogP contribution >= 0.6 is 23.4 Å². The first-order valence-electron chi connectivity index (χ1n) is 9.86. The van der Waals surface area contributed by atoms with Crippen LogP contribution in [0.15, 0.2) is 33.9 Å². The molecular formula is C20H24ClN5OS. The predicted molar refractivity (Wildman–Crippen MR) is 111 cm³/mol. The Morgan fingerprint density at radius 3 is 2.79 bits per heavy atom. The lowest BCUT2D eigenvalue weighted by Crippen LogP contribution is -2.09. The molecule has 1 unspecified atom stereocenters. The van der Waals surface area contributed by atoms with Crippen molar-refractivity contribution in [3.63, 3.8) is 0 Å². The van der Waals surface area contributed by atoms with Gasteiger partial charge in [0.05, 0.1) is 10.3 Å². The zero-order valence-electron chi connectivity index (χ0n) is 16.1. The Balaban J connectivity index is 1.65. The molecule has 2 heterocycles. The lowest BCUT2D eigenvalue weighted by Gasteiger charge is -2.18. The molecule has 28 heavy (non-hydrogen) atoms. The van der Waals surface area contributed by atoms with Crippen LogP contribution in [-0.4, -0.2) is 24.9 Å². The van der Waals surface area contributed by atoms with Gasteiger partial charge in [0, 0.05) is 18.0 Å². The molecule has 148 valence electrons. The average Bonchev–Trinajstić information content (AvgIpc) is 3.43. The number of hydrogen-bond donors (Lipinski definition) is 0. The lowest BCUT2D eigenvalue weighted by molar-refractivity contribution is 0.374. The Morgan fingerprint density at radius 1 is 1.25 bits per heavy atom. The van der Waals surface area contributed by atoms with E-state index in [0.29, 0.717) is 17.0 Å². The molecular weight excluding hydrogens is 394 g/mol. The molecule has 0 spiro atoms. The van der Waals surface area contributed by atoms with Crippen LogP contribution in [0.3, 0.4) is 0 Å². The van der Waals surface area contributed by atoms with Crippen LogP contribution in [0.2, 0.25) is 5.02 Å². The summed E-state index contributed by atoms with van der Waals surface area (Å²) in [7, 11) is 0. The molecule has 0 amide bonds. The third-order valence-electron chi connectivity index (χ3n) is 5.06. The van der Waals surface area contributed by atoms with Crippen molar-refractivity contribution in [1.29, 1.82) is 0 Å². The van der Waals surface area contributed by atoms with E-state index in [-0.39, 0.29) is 5.25 Å². The van der Waals surface area contributed by atoms with Gasteiger partial charge in [-0.2, -0.15) is 4.98 Å². The summed E-state index contributed by atoms with van der Waals surface area (Å²) in [6.07, 6.45) is 6.56. The fraction of sp³-hybridized carbons (Fsp3) is 0.500. The highest BCUT2D eigenvalue weighted by Crippen LogP contribution is 2.41. The molecule has 1 aromatic carbocycles. The average molecular weight is 418 g/mol. The van der Waals surface area contributed by atoms with Crippen molar-refractivity contribution in [2.45, 2.75) is 68.8 Å². The molecule has 1 aliphatic carbocycles. The van der Waals surface area contributed by atoms with Gasteiger partial charge < -0.3 is 4.52 Å². The van der Waals surface area contributed by atoms with E-state index in [2.05, 4.69) is 38.8 Å². The second kappa shape index (κ2) is 8.66. The summed E-state index contributed by atoms with van der Waals surface area (Å²) in [6.45, 7) is 4.17. The molecule has 6 nitrogen and oxygen atoms in total. The molecule has 0 aliphatic heterocycles.